The monoisotopic (exact) mass is 301 g/mol. The first-order valence-electron chi connectivity index (χ1n) is 7.80. The Morgan fingerprint density at radius 1 is 1.32 bits per heavy atom. The lowest BCUT2D eigenvalue weighted by Gasteiger charge is -2.27. The summed E-state index contributed by atoms with van der Waals surface area (Å²) in [5.74, 6) is 1.68. The summed E-state index contributed by atoms with van der Waals surface area (Å²) in [6, 6.07) is 8.23. The molecule has 1 aliphatic heterocycles. The van der Waals surface area contributed by atoms with Crippen molar-refractivity contribution in [3.05, 3.63) is 30.1 Å². The van der Waals surface area contributed by atoms with Crippen LogP contribution in [0.5, 0.6) is 0 Å². The highest BCUT2D eigenvalue weighted by molar-refractivity contribution is 5.78. The van der Waals surface area contributed by atoms with E-state index in [4.69, 9.17) is 10.5 Å². The van der Waals surface area contributed by atoms with Crippen molar-refractivity contribution in [1.82, 2.24) is 14.5 Å². The number of benzene rings is 1. The molecule has 2 aromatic rings. The van der Waals surface area contributed by atoms with Crippen LogP contribution in [0.4, 0.5) is 0 Å². The zero-order valence-electron chi connectivity index (χ0n) is 13.0. The molecule has 0 unspecified atom stereocenters. The van der Waals surface area contributed by atoms with Gasteiger partial charge >= 0.3 is 0 Å². The third kappa shape index (κ3) is 3.22. The van der Waals surface area contributed by atoms with Crippen molar-refractivity contribution in [2.75, 3.05) is 32.8 Å². The van der Waals surface area contributed by atoms with Gasteiger partial charge in [-0.25, -0.2) is 4.98 Å². The van der Waals surface area contributed by atoms with Gasteiger partial charge in [0.25, 0.3) is 0 Å². The topological polar surface area (TPSA) is 68.7 Å². The quantitative estimate of drug-likeness (QED) is 0.526. The number of rotatable bonds is 4. The number of morpholine rings is 1. The predicted molar refractivity (Wildman–Crippen MR) is 88.0 cm³/mol. The van der Waals surface area contributed by atoms with Crippen LogP contribution in [0.1, 0.15) is 12.2 Å². The molecule has 6 nitrogen and oxygen atoms in total. The highest BCUT2D eigenvalue weighted by Gasteiger charge is 2.11. The highest BCUT2D eigenvalue weighted by Crippen LogP contribution is 2.15. The Hall–Kier alpha value is -2.08. The second kappa shape index (κ2) is 6.79. The smallest absolute Gasteiger partial charge is 0.191 e. The Morgan fingerprint density at radius 3 is 2.91 bits per heavy atom. The maximum absolute atomic E-state index is 6.03. The lowest BCUT2D eigenvalue weighted by molar-refractivity contribution is 0.0674. The average Bonchev–Trinajstić information content (AvgIpc) is 2.88. The van der Waals surface area contributed by atoms with Gasteiger partial charge in [-0.3, -0.25) is 4.99 Å². The maximum atomic E-state index is 6.03. The Balaban J connectivity index is 1.57. The van der Waals surface area contributed by atoms with E-state index < -0.39 is 0 Å². The molecule has 6 heteroatoms. The van der Waals surface area contributed by atoms with E-state index in [-0.39, 0.29) is 0 Å². The van der Waals surface area contributed by atoms with Crippen molar-refractivity contribution in [2.24, 2.45) is 10.7 Å². The highest BCUT2D eigenvalue weighted by atomic mass is 16.5. The minimum atomic E-state index is 0.635. The first-order chi connectivity index (χ1) is 10.8. The second-order valence-corrected chi connectivity index (χ2v) is 5.49. The standard InChI is InChI=1S/C16H23N5O/c1-13-19-14-5-2-3-6-15(14)21(13)8-4-7-18-16(17)20-9-11-22-12-10-20/h2-3,5-6H,4,7-12H2,1H3,(H2,17,18). The molecule has 1 saturated heterocycles. The van der Waals surface area contributed by atoms with Gasteiger partial charge in [-0.05, 0) is 25.5 Å². The molecule has 118 valence electrons. The summed E-state index contributed by atoms with van der Waals surface area (Å²) in [5.41, 5.74) is 8.27. The number of aryl methyl sites for hydroxylation is 2. The van der Waals surface area contributed by atoms with Gasteiger partial charge in [-0.1, -0.05) is 12.1 Å². The largest absolute Gasteiger partial charge is 0.378 e. The second-order valence-electron chi connectivity index (χ2n) is 5.49. The van der Waals surface area contributed by atoms with Crippen LogP contribution in [-0.4, -0.2) is 53.3 Å². The molecule has 1 fully saturated rings. The van der Waals surface area contributed by atoms with Crippen LogP contribution in [0.2, 0.25) is 0 Å². The minimum absolute atomic E-state index is 0.635. The van der Waals surface area contributed by atoms with E-state index in [1.54, 1.807) is 0 Å². The molecule has 1 aromatic heterocycles. The molecule has 1 aromatic carbocycles. The SMILES string of the molecule is Cc1nc2ccccc2n1CCCN=C(N)N1CCOCC1. The maximum Gasteiger partial charge on any atom is 0.191 e. The first-order valence-corrected chi connectivity index (χ1v) is 7.80. The average molecular weight is 301 g/mol. The summed E-state index contributed by atoms with van der Waals surface area (Å²) < 4.78 is 7.56. The normalized spacial score (nSPS) is 16.4. The van der Waals surface area contributed by atoms with Gasteiger partial charge in [0.05, 0.1) is 24.2 Å². The summed E-state index contributed by atoms with van der Waals surface area (Å²) in [6.07, 6.45) is 0.951. The molecule has 1 aliphatic rings. The van der Waals surface area contributed by atoms with Crippen molar-refractivity contribution in [1.29, 1.82) is 0 Å². The Morgan fingerprint density at radius 2 is 2.09 bits per heavy atom. The molecule has 2 heterocycles. The lowest BCUT2D eigenvalue weighted by atomic mass is 10.3. The Bertz CT molecular complexity index is 658. The number of nitrogens with zero attached hydrogens (tertiary/aromatic N) is 4. The third-order valence-corrected chi connectivity index (χ3v) is 3.99. The van der Waals surface area contributed by atoms with Crippen LogP contribution < -0.4 is 5.73 Å². The van der Waals surface area contributed by atoms with Gasteiger partial charge in [-0.15, -0.1) is 0 Å². The summed E-state index contributed by atoms with van der Waals surface area (Å²) in [7, 11) is 0. The van der Waals surface area contributed by atoms with E-state index in [9.17, 15) is 0 Å². The van der Waals surface area contributed by atoms with E-state index in [1.807, 2.05) is 19.1 Å². The van der Waals surface area contributed by atoms with Gasteiger partial charge in [0.15, 0.2) is 5.96 Å². The molecule has 0 radical (unpaired) electrons. The number of hydrogen-bond acceptors (Lipinski definition) is 3. The van der Waals surface area contributed by atoms with E-state index in [0.29, 0.717) is 5.96 Å². The van der Waals surface area contributed by atoms with E-state index in [2.05, 4.69) is 31.6 Å². The summed E-state index contributed by atoms with van der Waals surface area (Å²) in [6.45, 7) is 6.82. The summed E-state index contributed by atoms with van der Waals surface area (Å²) >= 11 is 0. The first kappa shape index (κ1) is 14.8. The van der Waals surface area contributed by atoms with Crippen LogP contribution in [0, 0.1) is 6.92 Å². The lowest BCUT2D eigenvalue weighted by Crippen LogP contribution is -2.44. The molecule has 0 bridgehead atoms. The van der Waals surface area contributed by atoms with Gasteiger partial charge < -0.3 is 19.9 Å². The van der Waals surface area contributed by atoms with E-state index >= 15 is 0 Å². The van der Waals surface area contributed by atoms with Crippen LogP contribution in [0.25, 0.3) is 11.0 Å². The van der Waals surface area contributed by atoms with E-state index in [0.717, 1.165) is 57.2 Å². The number of hydrogen-bond donors (Lipinski definition) is 1. The number of imidazole rings is 1. The van der Waals surface area contributed by atoms with Crippen molar-refractivity contribution in [3.8, 4) is 0 Å². The molecule has 0 aliphatic carbocycles. The molecule has 0 amide bonds. The van der Waals surface area contributed by atoms with Gasteiger partial charge in [0.1, 0.15) is 5.82 Å². The predicted octanol–water partition coefficient (Wildman–Crippen LogP) is 1.38. The Kier molecular flexibility index (Phi) is 4.58. The van der Waals surface area contributed by atoms with Crippen molar-refractivity contribution < 1.29 is 4.74 Å². The fraction of sp³-hybridized carbons (Fsp3) is 0.500. The number of aliphatic imine (C=N–C) groups is 1. The van der Waals surface area contributed by atoms with Crippen LogP contribution in [0.15, 0.2) is 29.3 Å². The molecule has 22 heavy (non-hydrogen) atoms. The van der Waals surface area contributed by atoms with Crippen molar-refractivity contribution in [2.45, 2.75) is 19.9 Å². The minimum Gasteiger partial charge on any atom is -0.378 e. The molecule has 3 rings (SSSR count). The fourth-order valence-corrected chi connectivity index (χ4v) is 2.79. The fourth-order valence-electron chi connectivity index (χ4n) is 2.79. The number of para-hydroxylation sites is 2. The zero-order valence-corrected chi connectivity index (χ0v) is 13.0. The summed E-state index contributed by atoms with van der Waals surface area (Å²) in [4.78, 5) is 11.2. The zero-order chi connectivity index (χ0) is 15.4. The Labute approximate surface area is 130 Å². The van der Waals surface area contributed by atoms with Crippen LogP contribution in [0.3, 0.4) is 0 Å². The molecular weight excluding hydrogens is 278 g/mol. The number of fused-ring (bicyclic) bond motifs is 1. The molecule has 0 atom stereocenters. The number of ether oxygens (including phenoxy) is 1. The number of aromatic nitrogens is 2. The third-order valence-electron chi connectivity index (χ3n) is 3.99. The summed E-state index contributed by atoms with van der Waals surface area (Å²) in [5, 5.41) is 0. The number of guanidine groups is 1. The van der Waals surface area contributed by atoms with Crippen molar-refractivity contribution in [3.63, 3.8) is 0 Å². The molecule has 0 saturated carbocycles. The number of nitrogens with two attached hydrogens (primary N) is 1. The molecule has 0 spiro atoms. The van der Waals surface area contributed by atoms with Gasteiger partial charge in [0, 0.05) is 26.2 Å². The molecule has 2 N–H and O–H groups in total. The van der Waals surface area contributed by atoms with Gasteiger partial charge in [-0.2, -0.15) is 0 Å². The van der Waals surface area contributed by atoms with Crippen LogP contribution in [-0.2, 0) is 11.3 Å². The van der Waals surface area contributed by atoms with E-state index in [1.165, 1.54) is 5.52 Å². The van der Waals surface area contributed by atoms with Crippen molar-refractivity contribution >= 4 is 17.0 Å². The molecular formula is C16H23N5O. The van der Waals surface area contributed by atoms with Crippen LogP contribution >= 0.6 is 0 Å². The van der Waals surface area contributed by atoms with Gasteiger partial charge in [0.2, 0.25) is 0 Å².